The van der Waals surface area contributed by atoms with E-state index in [9.17, 15) is 4.79 Å². The van der Waals surface area contributed by atoms with Gasteiger partial charge in [0.15, 0.2) is 0 Å². The van der Waals surface area contributed by atoms with Crippen molar-refractivity contribution >= 4 is 18.3 Å². The van der Waals surface area contributed by atoms with Gasteiger partial charge in [0.2, 0.25) is 5.91 Å². The zero-order chi connectivity index (χ0) is 13.7. The van der Waals surface area contributed by atoms with E-state index >= 15 is 0 Å². The van der Waals surface area contributed by atoms with Crippen LogP contribution in [-0.2, 0) is 4.79 Å². The van der Waals surface area contributed by atoms with E-state index in [0.717, 1.165) is 11.3 Å². The van der Waals surface area contributed by atoms with Gasteiger partial charge in [0.1, 0.15) is 5.75 Å². The fourth-order valence-electron chi connectivity index (χ4n) is 1.61. The van der Waals surface area contributed by atoms with Gasteiger partial charge in [-0.2, -0.15) is 0 Å². The number of carbonyl (C=O) groups excluding carboxylic acids is 1. The normalized spacial score (nSPS) is 13.4. The Labute approximate surface area is 121 Å². The molecule has 2 unspecified atom stereocenters. The molecule has 4 nitrogen and oxygen atoms in total. The number of amides is 1. The summed E-state index contributed by atoms with van der Waals surface area (Å²) < 4.78 is 5.16. The summed E-state index contributed by atoms with van der Waals surface area (Å²) in [6.07, 6.45) is 0. The number of methoxy groups -OCH3 is 1. The first-order valence-corrected chi connectivity index (χ1v) is 6.15. The molecular formula is C14H23ClN2O2. The van der Waals surface area contributed by atoms with E-state index < -0.39 is 6.04 Å². The zero-order valence-corrected chi connectivity index (χ0v) is 12.7. The van der Waals surface area contributed by atoms with Crippen LogP contribution in [0.25, 0.3) is 0 Å². The van der Waals surface area contributed by atoms with Gasteiger partial charge in [-0.1, -0.05) is 26.0 Å². The standard InChI is InChI=1S/C14H22N2O2.ClH/c1-9(2)13(15)14(17)16-10(3)11-6-5-7-12(8-11)18-4;/h5-10,13H,15H2,1-4H3,(H,16,17);1H. The van der Waals surface area contributed by atoms with Crippen LogP contribution in [0.15, 0.2) is 24.3 Å². The van der Waals surface area contributed by atoms with Gasteiger partial charge in [-0.05, 0) is 30.5 Å². The van der Waals surface area contributed by atoms with Gasteiger partial charge >= 0.3 is 0 Å². The second kappa shape index (κ2) is 8.02. The molecule has 3 N–H and O–H groups in total. The molecule has 1 aromatic carbocycles. The number of hydrogen-bond acceptors (Lipinski definition) is 3. The van der Waals surface area contributed by atoms with Crippen LogP contribution in [0.5, 0.6) is 5.75 Å². The van der Waals surface area contributed by atoms with Crippen LogP contribution in [-0.4, -0.2) is 19.1 Å². The fourth-order valence-corrected chi connectivity index (χ4v) is 1.61. The van der Waals surface area contributed by atoms with Gasteiger partial charge in [-0.3, -0.25) is 4.79 Å². The fraction of sp³-hybridized carbons (Fsp3) is 0.500. The van der Waals surface area contributed by atoms with Crippen molar-refractivity contribution in [3.05, 3.63) is 29.8 Å². The lowest BCUT2D eigenvalue weighted by Gasteiger charge is -2.20. The molecule has 0 aromatic heterocycles. The number of hydrogen-bond donors (Lipinski definition) is 2. The molecule has 0 bridgehead atoms. The van der Waals surface area contributed by atoms with E-state index in [-0.39, 0.29) is 30.3 Å². The van der Waals surface area contributed by atoms with Gasteiger partial charge in [-0.25, -0.2) is 0 Å². The molecule has 0 fully saturated rings. The third-order valence-electron chi connectivity index (χ3n) is 2.97. The lowest BCUT2D eigenvalue weighted by atomic mass is 10.0. The molecule has 1 amide bonds. The maximum atomic E-state index is 11.9. The molecule has 0 heterocycles. The Hall–Kier alpha value is -1.26. The van der Waals surface area contributed by atoms with Crippen LogP contribution in [0.2, 0.25) is 0 Å². The Balaban J connectivity index is 0.00000324. The van der Waals surface area contributed by atoms with Gasteiger partial charge in [0.25, 0.3) is 0 Å². The van der Waals surface area contributed by atoms with Gasteiger partial charge in [-0.15, -0.1) is 12.4 Å². The summed E-state index contributed by atoms with van der Waals surface area (Å²) in [7, 11) is 1.62. The van der Waals surface area contributed by atoms with Gasteiger partial charge < -0.3 is 15.8 Å². The molecule has 1 aromatic rings. The third kappa shape index (κ3) is 5.09. The molecular weight excluding hydrogens is 264 g/mol. The Morgan fingerprint density at radius 1 is 1.32 bits per heavy atom. The highest BCUT2D eigenvalue weighted by Gasteiger charge is 2.19. The second-order valence-corrected chi connectivity index (χ2v) is 4.78. The summed E-state index contributed by atoms with van der Waals surface area (Å²) in [5.41, 5.74) is 6.80. The number of halogens is 1. The number of carbonyl (C=O) groups is 1. The van der Waals surface area contributed by atoms with Gasteiger partial charge in [0, 0.05) is 0 Å². The summed E-state index contributed by atoms with van der Waals surface area (Å²) in [4.78, 5) is 11.9. The highest BCUT2D eigenvalue weighted by atomic mass is 35.5. The van der Waals surface area contributed by atoms with Crippen LogP contribution in [0.1, 0.15) is 32.4 Å². The maximum Gasteiger partial charge on any atom is 0.237 e. The molecule has 0 aliphatic carbocycles. The minimum atomic E-state index is -0.474. The summed E-state index contributed by atoms with van der Waals surface area (Å²) in [6.45, 7) is 5.79. The predicted octanol–water partition coefficient (Wildman–Crippen LogP) is 2.28. The first kappa shape index (κ1) is 17.7. The smallest absolute Gasteiger partial charge is 0.237 e. The first-order chi connectivity index (χ1) is 8.45. The SMILES string of the molecule is COc1cccc(C(C)NC(=O)C(N)C(C)C)c1.Cl. The number of rotatable bonds is 5. The van der Waals surface area contributed by atoms with Crippen molar-refractivity contribution in [3.63, 3.8) is 0 Å². The third-order valence-corrected chi connectivity index (χ3v) is 2.97. The molecule has 108 valence electrons. The van der Waals surface area contributed by atoms with Crippen LogP contribution in [0.3, 0.4) is 0 Å². The lowest BCUT2D eigenvalue weighted by Crippen LogP contribution is -2.44. The minimum Gasteiger partial charge on any atom is -0.497 e. The molecule has 0 saturated heterocycles. The Morgan fingerprint density at radius 2 is 1.95 bits per heavy atom. The van der Waals surface area contributed by atoms with Crippen molar-refractivity contribution in [3.8, 4) is 5.75 Å². The summed E-state index contributed by atoms with van der Waals surface area (Å²) in [5.74, 6) is 0.782. The topological polar surface area (TPSA) is 64.3 Å². The van der Waals surface area contributed by atoms with Crippen LogP contribution in [0.4, 0.5) is 0 Å². The van der Waals surface area contributed by atoms with Crippen LogP contribution >= 0.6 is 12.4 Å². The zero-order valence-electron chi connectivity index (χ0n) is 11.8. The maximum absolute atomic E-state index is 11.9. The Kier molecular flexibility index (Phi) is 7.49. The van der Waals surface area contributed by atoms with Crippen molar-refractivity contribution in [2.24, 2.45) is 11.7 Å². The molecule has 0 aliphatic heterocycles. The first-order valence-electron chi connectivity index (χ1n) is 6.15. The monoisotopic (exact) mass is 286 g/mol. The molecule has 0 spiro atoms. The number of nitrogens with one attached hydrogen (secondary N) is 1. The molecule has 19 heavy (non-hydrogen) atoms. The van der Waals surface area contributed by atoms with Crippen molar-refractivity contribution in [1.29, 1.82) is 0 Å². The van der Waals surface area contributed by atoms with Crippen molar-refractivity contribution in [2.75, 3.05) is 7.11 Å². The Morgan fingerprint density at radius 3 is 2.47 bits per heavy atom. The van der Waals surface area contributed by atoms with Crippen molar-refractivity contribution < 1.29 is 9.53 Å². The quantitative estimate of drug-likeness (QED) is 0.873. The summed E-state index contributed by atoms with van der Waals surface area (Å²) >= 11 is 0. The highest BCUT2D eigenvalue weighted by molar-refractivity contribution is 5.85. The molecule has 1 rings (SSSR count). The average Bonchev–Trinajstić information content (AvgIpc) is 2.37. The predicted molar refractivity (Wildman–Crippen MR) is 79.6 cm³/mol. The van der Waals surface area contributed by atoms with Crippen molar-refractivity contribution in [2.45, 2.75) is 32.9 Å². The minimum absolute atomic E-state index is 0. The number of ether oxygens (including phenoxy) is 1. The summed E-state index contributed by atoms with van der Waals surface area (Å²) in [5, 5.41) is 2.91. The van der Waals surface area contributed by atoms with E-state index in [1.807, 2.05) is 45.0 Å². The van der Waals surface area contributed by atoms with Crippen LogP contribution in [0, 0.1) is 5.92 Å². The van der Waals surface area contributed by atoms with Crippen LogP contribution < -0.4 is 15.8 Å². The van der Waals surface area contributed by atoms with E-state index in [1.165, 1.54) is 0 Å². The van der Waals surface area contributed by atoms with E-state index in [1.54, 1.807) is 7.11 Å². The average molecular weight is 287 g/mol. The highest BCUT2D eigenvalue weighted by Crippen LogP contribution is 2.18. The molecule has 5 heteroatoms. The summed E-state index contributed by atoms with van der Waals surface area (Å²) in [6, 6.07) is 7.08. The van der Waals surface area contributed by atoms with E-state index in [4.69, 9.17) is 10.5 Å². The number of nitrogens with two attached hydrogens (primary N) is 1. The Bertz CT molecular complexity index is 410. The lowest BCUT2D eigenvalue weighted by molar-refractivity contribution is -0.123. The molecule has 2 atom stereocenters. The molecule has 0 aliphatic rings. The molecule has 0 radical (unpaired) electrons. The number of benzene rings is 1. The largest absolute Gasteiger partial charge is 0.497 e. The van der Waals surface area contributed by atoms with E-state index in [2.05, 4.69) is 5.32 Å². The molecule has 0 saturated carbocycles. The van der Waals surface area contributed by atoms with Crippen molar-refractivity contribution in [1.82, 2.24) is 5.32 Å². The van der Waals surface area contributed by atoms with E-state index in [0.29, 0.717) is 0 Å². The second-order valence-electron chi connectivity index (χ2n) is 4.78. The van der Waals surface area contributed by atoms with Gasteiger partial charge in [0.05, 0.1) is 19.2 Å².